The van der Waals surface area contributed by atoms with Crippen molar-refractivity contribution in [2.75, 3.05) is 6.79 Å². The molecule has 0 heterocycles. The van der Waals surface area contributed by atoms with Gasteiger partial charge in [0.15, 0.2) is 6.79 Å². The minimum absolute atomic E-state index is 0.944. The molecular weight excluding hydrogens is 149 g/mol. The van der Waals surface area contributed by atoms with Gasteiger partial charge in [0.1, 0.15) is 0 Å². The highest BCUT2D eigenvalue weighted by Crippen LogP contribution is 2.41. The van der Waals surface area contributed by atoms with Gasteiger partial charge < -0.3 is 9.63 Å². The Kier molecular flexibility index (Phi) is 3.20. The van der Waals surface area contributed by atoms with E-state index >= 15 is 0 Å². The molecule has 0 bridgehead atoms. The average Bonchev–Trinajstić information content (AvgIpc) is 1.64. The van der Waals surface area contributed by atoms with Crippen molar-refractivity contribution in [3.05, 3.63) is 0 Å². The molecule has 0 aromatic rings. The van der Waals surface area contributed by atoms with Crippen LogP contribution >= 0.6 is 7.82 Å². The van der Waals surface area contributed by atoms with Crippen LogP contribution in [0.1, 0.15) is 0 Å². The van der Waals surface area contributed by atoms with Crippen molar-refractivity contribution in [3.63, 3.8) is 0 Å². The highest BCUT2D eigenvalue weighted by Gasteiger charge is 2.20. The maximum atomic E-state index is 10.1. The van der Waals surface area contributed by atoms with Crippen LogP contribution in [0.5, 0.6) is 0 Å². The third kappa shape index (κ3) is 3.94. The fraction of sp³-hybridized carbons (Fsp3) is 0.500. The van der Waals surface area contributed by atoms with E-state index in [2.05, 4.69) is 9.05 Å². The SMILES string of the molecule is N#COP(=O)(O)OCO. The monoisotopic (exact) mass is 153 g/mol. The lowest BCUT2D eigenvalue weighted by molar-refractivity contribution is 0.0651. The van der Waals surface area contributed by atoms with Gasteiger partial charge in [-0.2, -0.15) is 0 Å². The second-order valence-corrected chi connectivity index (χ2v) is 2.29. The summed E-state index contributed by atoms with van der Waals surface area (Å²) in [6, 6.07) is 0. The fourth-order valence-corrected chi connectivity index (χ4v) is 0.453. The summed E-state index contributed by atoms with van der Waals surface area (Å²) >= 11 is 0. The van der Waals surface area contributed by atoms with Crippen LogP contribution in [0.3, 0.4) is 0 Å². The molecule has 1 atom stereocenters. The molecule has 6 nitrogen and oxygen atoms in total. The second-order valence-electron chi connectivity index (χ2n) is 0.909. The van der Waals surface area contributed by atoms with Gasteiger partial charge in [0, 0.05) is 0 Å². The third-order valence-corrected chi connectivity index (χ3v) is 1.13. The lowest BCUT2D eigenvalue weighted by Crippen LogP contribution is -1.91. The number of nitrogens with zero attached hydrogens (tertiary/aromatic N) is 1. The first kappa shape index (κ1) is 8.40. The number of aliphatic hydroxyl groups excluding tert-OH is 1. The van der Waals surface area contributed by atoms with E-state index < -0.39 is 14.6 Å². The molecule has 1 unspecified atom stereocenters. The van der Waals surface area contributed by atoms with Crippen LogP contribution in [-0.4, -0.2) is 16.8 Å². The Morgan fingerprint density at radius 1 is 1.78 bits per heavy atom. The zero-order valence-electron chi connectivity index (χ0n) is 4.22. The summed E-state index contributed by atoms with van der Waals surface area (Å²) in [4.78, 5) is 8.24. The van der Waals surface area contributed by atoms with Crippen LogP contribution in [0.2, 0.25) is 0 Å². The molecule has 0 spiro atoms. The molecule has 0 aromatic carbocycles. The van der Waals surface area contributed by atoms with Crippen molar-refractivity contribution in [2.45, 2.75) is 0 Å². The van der Waals surface area contributed by atoms with Crippen LogP contribution in [0.25, 0.3) is 0 Å². The van der Waals surface area contributed by atoms with E-state index in [4.69, 9.17) is 15.3 Å². The van der Waals surface area contributed by atoms with E-state index in [0.29, 0.717) is 0 Å². The van der Waals surface area contributed by atoms with E-state index in [1.165, 1.54) is 0 Å². The second kappa shape index (κ2) is 3.43. The largest absolute Gasteiger partial charge is 0.539 e. The fourth-order valence-electron chi connectivity index (χ4n) is 0.151. The Bertz CT molecular complexity index is 161. The van der Waals surface area contributed by atoms with Gasteiger partial charge >= 0.3 is 7.82 Å². The van der Waals surface area contributed by atoms with Gasteiger partial charge in [0.05, 0.1) is 0 Å². The molecule has 0 aliphatic heterocycles. The molecule has 0 saturated heterocycles. The molecule has 0 saturated carbocycles. The smallest absolute Gasteiger partial charge is 0.370 e. The Morgan fingerprint density at radius 2 is 2.33 bits per heavy atom. The zero-order chi connectivity index (χ0) is 7.33. The van der Waals surface area contributed by atoms with Crippen molar-refractivity contribution < 1.29 is 23.6 Å². The molecule has 0 amide bonds. The average molecular weight is 153 g/mol. The van der Waals surface area contributed by atoms with Crippen LogP contribution in [-0.2, 0) is 13.6 Å². The van der Waals surface area contributed by atoms with Crippen molar-refractivity contribution in [1.29, 1.82) is 5.26 Å². The molecule has 9 heavy (non-hydrogen) atoms. The summed E-state index contributed by atoms with van der Waals surface area (Å²) in [6.45, 7) is -0.963. The summed E-state index contributed by atoms with van der Waals surface area (Å²) in [6.07, 6.45) is 0.944. The summed E-state index contributed by atoms with van der Waals surface area (Å²) in [5.74, 6) is 0. The first-order valence-corrected chi connectivity index (χ1v) is 3.28. The maximum absolute atomic E-state index is 10.1. The van der Waals surface area contributed by atoms with Crippen molar-refractivity contribution in [1.82, 2.24) is 0 Å². The first-order chi connectivity index (χ1) is 4.12. The van der Waals surface area contributed by atoms with Gasteiger partial charge in [-0.15, -0.1) is 5.26 Å². The van der Waals surface area contributed by atoms with Crippen LogP contribution in [0.15, 0.2) is 0 Å². The predicted molar refractivity (Wildman–Crippen MR) is 24.7 cm³/mol. The number of rotatable bonds is 3. The lowest BCUT2D eigenvalue weighted by atomic mass is 11.6. The molecule has 0 aliphatic rings. The van der Waals surface area contributed by atoms with Gasteiger partial charge in [-0.05, 0) is 0 Å². The molecule has 0 aliphatic carbocycles. The summed E-state index contributed by atoms with van der Waals surface area (Å²) in [5, 5.41) is 15.5. The van der Waals surface area contributed by atoms with Crippen LogP contribution < -0.4 is 0 Å². The van der Waals surface area contributed by atoms with Gasteiger partial charge in [-0.3, -0.25) is 4.89 Å². The number of hydrogen-bond donors (Lipinski definition) is 2. The summed E-state index contributed by atoms with van der Waals surface area (Å²) < 4.78 is 17.3. The third-order valence-electron chi connectivity index (χ3n) is 0.377. The normalized spacial score (nSPS) is 15.7. The highest BCUT2D eigenvalue weighted by molar-refractivity contribution is 7.47. The number of hydrogen-bond acceptors (Lipinski definition) is 5. The Hall–Kier alpha value is -0.600. The molecule has 7 heteroatoms. The zero-order valence-corrected chi connectivity index (χ0v) is 5.12. The van der Waals surface area contributed by atoms with Crippen molar-refractivity contribution >= 4 is 7.82 Å². The number of aliphatic hydroxyl groups is 1. The van der Waals surface area contributed by atoms with E-state index in [1.807, 2.05) is 0 Å². The van der Waals surface area contributed by atoms with Gasteiger partial charge in [0.2, 0.25) is 0 Å². The van der Waals surface area contributed by atoms with Gasteiger partial charge in [-0.25, -0.2) is 9.09 Å². The first-order valence-electron chi connectivity index (χ1n) is 1.78. The topological polar surface area (TPSA) is 99.8 Å². The lowest BCUT2D eigenvalue weighted by Gasteiger charge is -2.02. The van der Waals surface area contributed by atoms with Gasteiger partial charge in [-0.1, -0.05) is 0 Å². The maximum Gasteiger partial charge on any atom is 0.539 e. The molecule has 0 fully saturated rings. The quantitative estimate of drug-likeness (QED) is 0.323. The van der Waals surface area contributed by atoms with E-state index in [-0.39, 0.29) is 0 Å². The highest BCUT2D eigenvalue weighted by atomic mass is 31.2. The minimum Gasteiger partial charge on any atom is -0.370 e. The van der Waals surface area contributed by atoms with Gasteiger partial charge in [0.25, 0.3) is 6.26 Å². The Labute approximate surface area is 50.9 Å². The molecule has 0 rings (SSSR count). The molecule has 52 valence electrons. The van der Waals surface area contributed by atoms with E-state index in [9.17, 15) is 4.57 Å². The minimum atomic E-state index is -4.30. The summed E-state index contributed by atoms with van der Waals surface area (Å²) in [7, 11) is -4.30. The number of phosphoric ester groups is 1. The Balaban J connectivity index is 3.75. The molecule has 0 aromatic heterocycles. The van der Waals surface area contributed by atoms with E-state index in [0.717, 1.165) is 6.26 Å². The predicted octanol–water partition coefficient (Wildman–Crippen LogP) is -0.449. The molecule has 0 radical (unpaired) electrons. The number of nitriles is 1. The standard InChI is InChI=1S/C2H4NO5P/c3-1-7-9(5,6)8-2-4/h4H,2H2,(H,5,6). The van der Waals surface area contributed by atoms with Crippen molar-refractivity contribution in [2.24, 2.45) is 0 Å². The van der Waals surface area contributed by atoms with Crippen LogP contribution in [0.4, 0.5) is 0 Å². The number of phosphoric acid groups is 1. The molecular formula is C2H4NO5P. The van der Waals surface area contributed by atoms with Crippen molar-refractivity contribution in [3.8, 4) is 6.26 Å². The molecule has 2 N–H and O–H groups in total. The van der Waals surface area contributed by atoms with Crippen LogP contribution in [0, 0.1) is 11.5 Å². The Morgan fingerprint density at radius 3 is 2.67 bits per heavy atom. The summed E-state index contributed by atoms with van der Waals surface area (Å²) in [5.41, 5.74) is 0. The van der Waals surface area contributed by atoms with E-state index in [1.54, 1.807) is 0 Å².